The molecule has 0 saturated carbocycles. The molecular weight excluding hydrogens is 288 g/mol. The molecule has 0 saturated heterocycles. The SMILES string of the molecule is Cc1cc(Br)cc(Nc2ccc(C#N)c(C)c2)c1. The highest BCUT2D eigenvalue weighted by atomic mass is 79.9. The second-order valence-corrected chi connectivity index (χ2v) is 5.20. The van der Waals surface area contributed by atoms with E-state index in [1.807, 2.05) is 31.2 Å². The van der Waals surface area contributed by atoms with Crippen LogP contribution in [0, 0.1) is 25.2 Å². The molecule has 0 radical (unpaired) electrons. The minimum absolute atomic E-state index is 0.714. The molecule has 1 N–H and O–H groups in total. The first-order valence-electron chi connectivity index (χ1n) is 5.63. The van der Waals surface area contributed by atoms with Crippen molar-refractivity contribution in [2.45, 2.75) is 13.8 Å². The van der Waals surface area contributed by atoms with Crippen LogP contribution in [0.25, 0.3) is 0 Å². The van der Waals surface area contributed by atoms with Crippen molar-refractivity contribution < 1.29 is 0 Å². The van der Waals surface area contributed by atoms with E-state index in [2.05, 4.69) is 46.4 Å². The summed E-state index contributed by atoms with van der Waals surface area (Å²) in [7, 11) is 0. The molecule has 2 rings (SSSR count). The van der Waals surface area contributed by atoms with Gasteiger partial charge in [0.25, 0.3) is 0 Å². The molecule has 0 aromatic heterocycles. The Kier molecular flexibility index (Phi) is 3.69. The smallest absolute Gasteiger partial charge is 0.0994 e. The molecule has 0 atom stereocenters. The lowest BCUT2D eigenvalue weighted by Gasteiger charge is -2.09. The first-order valence-corrected chi connectivity index (χ1v) is 6.43. The maximum Gasteiger partial charge on any atom is 0.0994 e. The molecule has 2 nitrogen and oxygen atoms in total. The van der Waals surface area contributed by atoms with E-state index in [0.717, 1.165) is 21.4 Å². The van der Waals surface area contributed by atoms with Crippen LogP contribution in [0.3, 0.4) is 0 Å². The molecule has 0 aliphatic rings. The van der Waals surface area contributed by atoms with E-state index < -0.39 is 0 Å². The van der Waals surface area contributed by atoms with Crippen LogP contribution in [0.4, 0.5) is 11.4 Å². The van der Waals surface area contributed by atoms with E-state index in [0.29, 0.717) is 5.56 Å². The van der Waals surface area contributed by atoms with E-state index in [-0.39, 0.29) is 0 Å². The number of benzene rings is 2. The number of aryl methyl sites for hydroxylation is 2. The van der Waals surface area contributed by atoms with Gasteiger partial charge in [0.2, 0.25) is 0 Å². The minimum Gasteiger partial charge on any atom is -0.355 e. The van der Waals surface area contributed by atoms with Crippen molar-refractivity contribution in [2.24, 2.45) is 0 Å². The number of halogens is 1. The van der Waals surface area contributed by atoms with E-state index in [4.69, 9.17) is 5.26 Å². The minimum atomic E-state index is 0.714. The van der Waals surface area contributed by atoms with Crippen LogP contribution in [-0.2, 0) is 0 Å². The van der Waals surface area contributed by atoms with Gasteiger partial charge in [-0.05, 0) is 61.4 Å². The zero-order valence-electron chi connectivity index (χ0n) is 10.3. The van der Waals surface area contributed by atoms with E-state index >= 15 is 0 Å². The van der Waals surface area contributed by atoms with Crippen molar-refractivity contribution in [1.82, 2.24) is 0 Å². The number of nitriles is 1. The van der Waals surface area contributed by atoms with Gasteiger partial charge in [-0.15, -0.1) is 0 Å². The van der Waals surface area contributed by atoms with Crippen molar-refractivity contribution in [2.75, 3.05) is 5.32 Å². The van der Waals surface area contributed by atoms with Crippen LogP contribution in [0.2, 0.25) is 0 Å². The van der Waals surface area contributed by atoms with Gasteiger partial charge in [0, 0.05) is 15.8 Å². The second kappa shape index (κ2) is 5.24. The quantitative estimate of drug-likeness (QED) is 0.874. The molecule has 0 spiro atoms. The van der Waals surface area contributed by atoms with Crippen molar-refractivity contribution in [1.29, 1.82) is 5.26 Å². The third kappa shape index (κ3) is 2.91. The Hall–Kier alpha value is -1.79. The van der Waals surface area contributed by atoms with E-state index in [1.54, 1.807) is 0 Å². The summed E-state index contributed by atoms with van der Waals surface area (Å²) >= 11 is 3.48. The van der Waals surface area contributed by atoms with Gasteiger partial charge >= 0.3 is 0 Å². The molecule has 3 heteroatoms. The van der Waals surface area contributed by atoms with Crippen LogP contribution in [0.1, 0.15) is 16.7 Å². The Balaban J connectivity index is 2.29. The number of nitrogens with one attached hydrogen (secondary N) is 1. The molecule has 18 heavy (non-hydrogen) atoms. The van der Waals surface area contributed by atoms with Crippen LogP contribution in [0.5, 0.6) is 0 Å². The summed E-state index contributed by atoms with van der Waals surface area (Å²) in [4.78, 5) is 0. The fourth-order valence-corrected chi connectivity index (χ4v) is 2.45. The molecule has 0 heterocycles. The van der Waals surface area contributed by atoms with Gasteiger partial charge in [-0.25, -0.2) is 0 Å². The van der Waals surface area contributed by atoms with Crippen molar-refractivity contribution in [3.63, 3.8) is 0 Å². The number of anilines is 2. The maximum atomic E-state index is 8.90. The van der Waals surface area contributed by atoms with Crippen molar-refractivity contribution >= 4 is 27.3 Å². The van der Waals surface area contributed by atoms with Gasteiger partial charge in [0.15, 0.2) is 0 Å². The highest BCUT2D eigenvalue weighted by Crippen LogP contribution is 2.24. The monoisotopic (exact) mass is 300 g/mol. The predicted molar refractivity (Wildman–Crippen MR) is 78.1 cm³/mol. The fourth-order valence-electron chi connectivity index (χ4n) is 1.84. The third-order valence-corrected chi connectivity index (χ3v) is 3.14. The largest absolute Gasteiger partial charge is 0.355 e. The van der Waals surface area contributed by atoms with Gasteiger partial charge in [0.1, 0.15) is 0 Å². The summed E-state index contributed by atoms with van der Waals surface area (Å²) in [6.07, 6.45) is 0. The van der Waals surface area contributed by atoms with Crippen LogP contribution in [-0.4, -0.2) is 0 Å². The number of nitrogens with zero attached hydrogens (tertiary/aromatic N) is 1. The molecule has 0 amide bonds. The molecule has 0 bridgehead atoms. The maximum absolute atomic E-state index is 8.90. The summed E-state index contributed by atoms with van der Waals surface area (Å²) in [5.74, 6) is 0. The van der Waals surface area contributed by atoms with Crippen molar-refractivity contribution in [3.05, 3.63) is 57.6 Å². The zero-order valence-corrected chi connectivity index (χ0v) is 11.9. The average Bonchev–Trinajstić information content (AvgIpc) is 2.27. The molecular formula is C15H13BrN2. The Morgan fingerprint density at radius 3 is 2.44 bits per heavy atom. The van der Waals surface area contributed by atoms with E-state index in [9.17, 15) is 0 Å². The number of rotatable bonds is 2. The van der Waals surface area contributed by atoms with Crippen molar-refractivity contribution in [3.8, 4) is 6.07 Å². The summed E-state index contributed by atoms with van der Waals surface area (Å²) in [5.41, 5.74) is 4.91. The highest BCUT2D eigenvalue weighted by molar-refractivity contribution is 9.10. The third-order valence-electron chi connectivity index (χ3n) is 2.68. The van der Waals surface area contributed by atoms with E-state index in [1.165, 1.54) is 5.56 Å². The fraction of sp³-hybridized carbons (Fsp3) is 0.133. The highest BCUT2D eigenvalue weighted by Gasteiger charge is 2.01. The summed E-state index contributed by atoms with van der Waals surface area (Å²) in [6.45, 7) is 4.00. The molecule has 0 aliphatic heterocycles. The molecule has 0 aliphatic carbocycles. The van der Waals surface area contributed by atoms with Crippen LogP contribution < -0.4 is 5.32 Å². The lowest BCUT2D eigenvalue weighted by molar-refractivity contribution is 1.38. The standard InChI is InChI=1S/C15H13BrN2/c1-10-5-13(16)8-15(6-10)18-14-4-3-12(9-17)11(2)7-14/h3-8,18H,1-2H3. The first-order chi connectivity index (χ1) is 8.58. The predicted octanol–water partition coefficient (Wildman–Crippen LogP) is 4.68. The first kappa shape index (κ1) is 12.7. The molecule has 0 fully saturated rings. The number of hydrogen-bond acceptors (Lipinski definition) is 2. The Bertz CT molecular complexity index is 607. The normalized spacial score (nSPS) is 9.89. The summed E-state index contributed by atoms with van der Waals surface area (Å²) in [6, 6.07) is 14.1. The van der Waals surface area contributed by atoms with Crippen LogP contribution >= 0.6 is 15.9 Å². The van der Waals surface area contributed by atoms with Crippen LogP contribution in [0.15, 0.2) is 40.9 Å². The Morgan fingerprint density at radius 2 is 1.83 bits per heavy atom. The summed E-state index contributed by atoms with van der Waals surface area (Å²) < 4.78 is 1.05. The Morgan fingerprint density at radius 1 is 1.06 bits per heavy atom. The average molecular weight is 301 g/mol. The van der Waals surface area contributed by atoms with Gasteiger partial charge in [-0.2, -0.15) is 5.26 Å². The Labute approximate surface area is 115 Å². The van der Waals surface area contributed by atoms with Gasteiger partial charge in [0.05, 0.1) is 11.6 Å². The lowest BCUT2D eigenvalue weighted by atomic mass is 10.1. The molecule has 0 unspecified atom stereocenters. The molecule has 2 aromatic rings. The van der Waals surface area contributed by atoms with Gasteiger partial charge in [-0.3, -0.25) is 0 Å². The van der Waals surface area contributed by atoms with Gasteiger partial charge < -0.3 is 5.32 Å². The second-order valence-electron chi connectivity index (χ2n) is 4.28. The number of hydrogen-bond donors (Lipinski definition) is 1. The lowest BCUT2D eigenvalue weighted by Crippen LogP contribution is -1.92. The summed E-state index contributed by atoms with van der Waals surface area (Å²) in [5, 5.41) is 12.2. The molecule has 90 valence electrons. The molecule has 2 aromatic carbocycles. The topological polar surface area (TPSA) is 35.8 Å². The van der Waals surface area contributed by atoms with Gasteiger partial charge in [-0.1, -0.05) is 15.9 Å². The zero-order chi connectivity index (χ0) is 13.1.